The van der Waals surface area contributed by atoms with Gasteiger partial charge < -0.3 is 19.9 Å². The molecule has 0 amide bonds. The molecule has 7 heteroatoms. The first-order chi connectivity index (χ1) is 15.5. The van der Waals surface area contributed by atoms with Crippen LogP contribution in [0.2, 0.25) is 0 Å². The van der Waals surface area contributed by atoms with E-state index < -0.39 is 0 Å². The number of nitrogens with zero attached hydrogens (tertiary/aromatic N) is 1. The maximum Gasteiger partial charge on any atom is 0.253 e. The lowest BCUT2D eigenvalue weighted by molar-refractivity contribution is 0.395. The first kappa shape index (κ1) is 22.0. The van der Waals surface area contributed by atoms with Gasteiger partial charge in [-0.2, -0.15) is 0 Å². The lowest BCUT2D eigenvalue weighted by atomic mass is 10.1. The molecule has 0 fully saturated rings. The number of H-pyrrole nitrogens is 1. The van der Waals surface area contributed by atoms with E-state index in [0.717, 1.165) is 16.5 Å². The number of thiophene rings is 1. The number of benzene rings is 2. The van der Waals surface area contributed by atoms with E-state index >= 15 is 0 Å². The molecular formula is C25H25N3O2S2. The molecule has 32 heavy (non-hydrogen) atoms. The average molecular weight is 464 g/mol. The summed E-state index contributed by atoms with van der Waals surface area (Å²) in [6.45, 7) is 3.12. The first-order valence-electron chi connectivity index (χ1n) is 10.4. The fourth-order valence-corrected chi connectivity index (χ4v) is 4.59. The van der Waals surface area contributed by atoms with Crippen LogP contribution in [0.1, 0.15) is 29.0 Å². The van der Waals surface area contributed by atoms with Gasteiger partial charge in [-0.25, -0.2) is 0 Å². The largest absolute Gasteiger partial charge is 0.497 e. The van der Waals surface area contributed by atoms with Gasteiger partial charge in [0, 0.05) is 16.5 Å². The molecule has 0 spiro atoms. The van der Waals surface area contributed by atoms with Crippen LogP contribution in [-0.2, 0) is 13.1 Å². The van der Waals surface area contributed by atoms with Crippen LogP contribution in [0.15, 0.2) is 76.9 Å². The summed E-state index contributed by atoms with van der Waals surface area (Å²) >= 11 is 7.46. The first-order valence-corrected chi connectivity index (χ1v) is 11.6. The Morgan fingerprint density at radius 3 is 2.66 bits per heavy atom. The van der Waals surface area contributed by atoms with Crippen molar-refractivity contribution in [1.82, 2.24) is 15.2 Å². The molecular weight excluding hydrogens is 438 g/mol. The topological polar surface area (TPSA) is 57.4 Å². The highest BCUT2D eigenvalue weighted by atomic mass is 32.1. The molecule has 0 unspecified atom stereocenters. The zero-order chi connectivity index (χ0) is 22.5. The Balaban J connectivity index is 1.59. The molecule has 2 aromatic heterocycles. The Morgan fingerprint density at radius 1 is 1.12 bits per heavy atom. The van der Waals surface area contributed by atoms with Crippen LogP contribution in [0.5, 0.6) is 5.75 Å². The van der Waals surface area contributed by atoms with Gasteiger partial charge in [-0.1, -0.05) is 36.4 Å². The molecule has 2 heterocycles. The summed E-state index contributed by atoms with van der Waals surface area (Å²) in [7, 11) is 1.61. The zero-order valence-electron chi connectivity index (χ0n) is 18.0. The van der Waals surface area contributed by atoms with Crippen molar-refractivity contribution in [1.29, 1.82) is 0 Å². The Labute approximate surface area is 196 Å². The van der Waals surface area contributed by atoms with E-state index in [1.807, 2.05) is 58.8 Å². The van der Waals surface area contributed by atoms with E-state index in [2.05, 4.69) is 35.4 Å². The number of rotatable bonds is 7. The maximum atomic E-state index is 12.9. The third-order valence-electron chi connectivity index (χ3n) is 5.34. The molecule has 0 saturated heterocycles. The molecule has 0 saturated carbocycles. The Bertz CT molecular complexity index is 1250. The Kier molecular flexibility index (Phi) is 6.87. The summed E-state index contributed by atoms with van der Waals surface area (Å²) in [6, 6.07) is 21.9. The van der Waals surface area contributed by atoms with Crippen molar-refractivity contribution in [2.24, 2.45) is 0 Å². The molecule has 164 valence electrons. The number of pyridine rings is 1. The van der Waals surface area contributed by atoms with Gasteiger partial charge in [0.15, 0.2) is 5.11 Å². The van der Waals surface area contributed by atoms with Crippen LogP contribution in [0.3, 0.4) is 0 Å². The van der Waals surface area contributed by atoms with Gasteiger partial charge in [-0.05, 0) is 59.7 Å². The van der Waals surface area contributed by atoms with Gasteiger partial charge in [0.25, 0.3) is 5.56 Å². The third-order valence-corrected chi connectivity index (χ3v) is 6.58. The van der Waals surface area contributed by atoms with E-state index in [0.29, 0.717) is 29.5 Å². The molecule has 1 atom stereocenters. The van der Waals surface area contributed by atoms with Gasteiger partial charge in [-0.3, -0.25) is 4.79 Å². The predicted octanol–water partition coefficient (Wildman–Crippen LogP) is 5.24. The molecule has 4 aromatic rings. The second-order valence-electron chi connectivity index (χ2n) is 7.59. The number of hydrogen-bond donors (Lipinski definition) is 2. The van der Waals surface area contributed by atoms with E-state index in [9.17, 15) is 4.79 Å². The van der Waals surface area contributed by atoms with Crippen molar-refractivity contribution >= 4 is 39.6 Å². The summed E-state index contributed by atoms with van der Waals surface area (Å²) in [5, 5.41) is 7.05. The Hall–Kier alpha value is -3.16. The van der Waals surface area contributed by atoms with Crippen molar-refractivity contribution in [3.63, 3.8) is 0 Å². The highest BCUT2D eigenvalue weighted by Crippen LogP contribution is 2.20. The van der Waals surface area contributed by atoms with Gasteiger partial charge in [0.2, 0.25) is 0 Å². The molecule has 2 aromatic carbocycles. The number of fused-ring (bicyclic) bond motifs is 1. The van der Waals surface area contributed by atoms with Crippen molar-refractivity contribution < 1.29 is 4.74 Å². The monoisotopic (exact) mass is 463 g/mol. The van der Waals surface area contributed by atoms with Gasteiger partial charge >= 0.3 is 0 Å². The minimum atomic E-state index is -0.124. The van der Waals surface area contributed by atoms with Crippen LogP contribution in [0, 0.1) is 0 Å². The number of methoxy groups -OCH3 is 1. The van der Waals surface area contributed by atoms with Crippen molar-refractivity contribution in [2.45, 2.75) is 26.1 Å². The number of aromatic nitrogens is 1. The minimum absolute atomic E-state index is 0.0527. The molecule has 0 aliphatic carbocycles. The second kappa shape index (κ2) is 9.97. The smallest absolute Gasteiger partial charge is 0.253 e. The van der Waals surface area contributed by atoms with Crippen LogP contribution in [0.4, 0.5) is 0 Å². The number of nitrogens with one attached hydrogen (secondary N) is 2. The molecule has 0 radical (unpaired) electrons. The zero-order valence-corrected chi connectivity index (χ0v) is 19.6. The predicted molar refractivity (Wildman–Crippen MR) is 135 cm³/mol. The number of aromatic amines is 1. The standard InChI is InChI=1S/C25H25N3O2S2/c1-17(18-7-4-3-5-8-18)26-25(31)28(16-22-9-6-12-32-22)15-20-13-19-10-11-21(30-2)14-23(19)27-24(20)29/h3-14,17H,15-16H2,1-2H3,(H,26,31)(H,27,29)/t17-/m1/s1. The molecule has 0 aliphatic heterocycles. The quantitative estimate of drug-likeness (QED) is 0.367. The minimum Gasteiger partial charge on any atom is -0.497 e. The van der Waals surface area contributed by atoms with Crippen molar-refractivity contribution in [3.05, 3.63) is 98.5 Å². The third kappa shape index (κ3) is 5.18. The summed E-state index contributed by atoms with van der Waals surface area (Å²) < 4.78 is 5.27. The molecule has 5 nitrogen and oxygen atoms in total. The molecule has 4 rings (SSSR count). The highest BCUT2D eigenvalue weighted by molar-refractivity contribution is 7.80. The van der Waals surface area contributed by atoms with Gasteiger partial charge in [-0.15, -0.1) is 11.3 Å². The van der Waals surface area contributed by atoms with Crippen LogP contribution in [-0.4, -0.2) is 22.1 Å². The Morgan fingerprint density at radius 2 is 1.94 bits per heavy atom. The number of ether oxygens (including phenoxy) is 1. The van der Waals surface area contributed by atoms with E-state index in [1.165, 1.54) is 4.88 Å². The maximum absolute atomic E-state index is 12.9. The average Bonchev–Trinajstić information content (AvgIpc) is 3.32. The fraction of sp³-hybridized carbons (Fsp3) is 0.200. The number of hydrogen-bond acceptors (Lipinski definition) is 4. The molecule has 0 bridgehead atoms. The van der Waals surface area contributed by atoms with E-state index in [-0.39, 0.29) is 11.6 Å². The van der Waals surface area contributed by atoms with Crippen LogP contribution < -0.4 is 15.6 Å². The summed E-state index contributed by atoms with van der Waals surface area (Å²) in [5.41, 5.74) is 2.45. The summed E-state index contributed by atoms with van der Waals surface area (Å²) in [4.78, 5) is 19.1. The normalized spacial score (nSPS) is 11.8. The summed E-state index contributed by atoms with van der Waals surface area (Å²) in [5.74, 6) is 0.709. The van der Waals surface area contributed by atoms with Crippen molar-refractivity contribution in [2.75, 3.05) is 7.11 Å². The van der Waals surface area contributed by atoms with E-state index in [4.69, 9.17) is 17.0 Å². The van der Waals surface area contributed by atoms with E-state index in [1.54, 1.807) is 18.4 Å². The fourth-order valence-electron chi connectivity index (χ4n) is 3.57. The van der Waals surface area contributed by atoms with Crippen molar-refractivity contribution in [3.8, 4) is 5.75 Å². The molecule has 2 N–H and O–H groups in total. The van der Waals surface area contributed by atoms with Crippen LogP contribution in [0.25, 0.3) is 10.9 Å². The lowest BCUT2D eigenvalue weighted by Gasteiger charge is -2.28. The summed E-state index contributed by atoms with van der Waals surface area (Å²) in [6.07, 6.45) is 0. The van der Waals surface area contributed by atoms with Gasteiger partial charge in [0.05, 0.1) is 31.8 Å². The SMILES string of the molecule is COc1ccc2cc(CN(Cc3cccs3)C(=S)N[C@H](C)c3ccccc3)c(=O)[nH]c2c1. The molecule has 0 aliphatic rings. The van der Waals surface area contributed by atoms with Gasteiger partial charge in [0.1, 0.15) is 5.75 Å². The second-order valence-corrected chi connectivity index (χ2v) is 9.01. The highest BCUT2D eigenvalue weighted by Gasteiger charge is 2.17. The number of thiocarbonyl (C=S) groups is 1. The lowest BCUT2D eigenvalue weighted by Crippen LogP contribution is -2.40. The van der Waals surface area contributed by atoms with Crippen LogP contribution >= 0.6 is 23.6 Å².